The summed E-state index contributed by atoms with van der Waals surface area (Å²) in [5.74, 6) is 0.654. The van der Waals surface area contributed by atoms with E-state index in [1.165, 1.54) is 11.3 Å². The van der Waals surface area contributed by atoms with Gasteiger partial charge in [0.05, 0.1) is 16.8 Å². The number of pyridine rings is 1. The number of carbonyl (C=O) groups excluding carboxylic acids is 1. The Morgan fingerprint density at radius 1 is 1.33 bits per heavy atom. The molecule has 106 valence electrons. The molecule has 0 aliphatic heterocycles. The van der Waals surface area contributed by atoms with Gasteiger partial charge in [-0.25, -0.2) is 9.97 Å². The Hall–Kier alpha value is -2.47. The molecule has 0 aliphatic rings. The van der Waals surface area contributed by atoms with Crippen LogP contribution in [-0.4, -0.2) is 20.4 Å². The van der Waals surface area contributed by atoms with Crippen LogP contribution >= 0.6 is 11.3 Å². The molecule has 0 saturated heterocycles. The molecule has 0 spiro atoms. The molecule has 1 N–H and O–H groups in total. The molecule has 21 heavy (non-hydrogen) atoms. The molecule has 0 saturated carbocycles. The molecule has 0 radical (unpaired) electrons. The van der Waals surface area contributed by atoms with Gasteiger partial charge < -0.3 is 5.32 Å². The first-order chi connectivity index (χ1) is 10.1. The second kappa shape index (κ2) is 5.49. The van der Waals surface area contributed by atoms with Crippen molar-refractivity contribution >= 4 is 22.9 Å². The van der Waals surface area contributed by atoms with E-state index in [-0.39, 0.29) is 5.91 Å². The van der Waals surface area contributed by atoms with Crippen LogP contribution in [0.3, 0.4) is 0 Å². The summed E-state index contributed by atoms with van der Waals surface area (Å²) in [6.07, 6.45) is 6.83. The number of carbonyl (C=O) groups is 1. The molecular formula is C15H14N4OS. The topological polar surface area (TPSA) is 59.8 Å². The van der Waals surface area contributed by atoms with Gasteiger partial charge in [0.2, 0.25) is 0 Å². The number of aromatic nitrogens is 3. The third kappa shape index (κ3) is 2.85. The molecule has 3 aromatic rings. The quantitative estimate of drug-likeness (QED) is 0.807. The minimum Gasteiger partial charge on any atom is -0.320 e. The molecule has 6 heteroatoms. The van der Waals surface area contributed by atoms with Gasteiger partial charge in [0.25, 0.3) is 5.91 Å². The predicted molar refractivity (Wildman–Crippen MR) is 83.1 cm³/mol. The highest BCUT2D eigenvalue weighted by molar-refractivity contribution is 7.14. The number of rotatable bonds is 3. The van der Waals surface area contributed by atoms with Crippen molar-refractivity contribution in [2.75, 3.05) is 5.32 Å². The number of hydrogen-bond acceptors (Lipinski definition) is 4. The van der Waals surface area contributed by atoms with Crippen LogP contribution < -0.4 is 5.32 Å². The van der Waals surface area contributed by atoms with Crippen LogP contribution in [0.1, 0.15) is 20.1 Å². The highest BCUT2D eigenvalue weighted by atomic mass is 32.1. The van der Waals surface area contributed by atoms with Crippen LogP contribution in [0.15, 0.2) is 43.1 Å². The molecule has 0 unspecified atom stereocenters. The van der Waals surface area contributed by atoms with E-state index in [1.54, 1.807) is 23.3 Å². The molecular weight excluding hydrogens is 284 g/mol. The number of nitrogens with zero attached hydrogens (tertiary/aromatic N) is 3. The van der Waals surface area contributed by atoms with Gasteiger partial charge in [-0.1, -0.05) is 0 Å². The Labute approximate surface area is 126 Å². The van der Waals surface area contributed by atoms with Gasteiger partial charge in [-0.05, 0) is 37.6 Å². The Balaban J connectivity index is 1.74. The van der Waals surface area contributed by atoms with Gasteiger partial charge in [0.15, 0.2) is 0 Å². The average Bonchev–Trinajstić information content (AvgIpc) is 3.11. The van der Waals surface area contributed by atoms with Crippen molar-refractivity contribution in [3.05, 3.63) is 58.4 Å². The average molecular weight is 298 g/mol. The van der Waals surface area contributed by atoms with Gasteiger partial charge >= 0.3 is 0 Å². The molecule has 0 aromatic carbocycles. The van der Waals surface area contributed by atoms with Crippen LogP contribution in [0.25, 0.3) is 5.82 Å². The Kier molecular flexibility index (Phi) is 3.53. The first-order valence-corrected chi connectivity index (χ1v) is 7.28. The largest absolute Gasteiger partial charge is 0.320 e. The summed E-state index contributed by atoms with van der Waals surface area (Å²) in [6, 6.07) is 5.57. The number of hydrogen-bond donors (Lipinski definition) is 1. The third-order valence-corrected chi connectivity index (χ3v) is 4.32. The van der Waals surface area contributed by atoms with Crippen LogP contribution in [0.5, 0.6) is 0 Å². The van der Waals surface area contributed by atoms with Crippen molar-refractivity contribution in [3.8, 4) is 5.82 Å². The first kappa shape index (κ1) is 13.5. The van der Waals surface area contributed by atoms with Gasteiger partial charge in [0.1, 0.15) is 12.1 Å². The fourth-order valence-electron chi connectivity index (χ4n) is 1.89. The summed E-state index contributed by atoms with van der Waals surface area (Å²) in [6.45, 7) is 4.02. The summed E-state index contributed by atoms with van der Waals surface area (Å²) in [7, 11) is 0. The lowest BCUT2D eigenvalue weighted by Gasteiger charge is -2.05. The Morgan fingerprint density at radius 3 is 2.76 bits per heavy atom. The Morgan fingerprint density at radius 2 is 2.19 bits per heavy atom. The lowest BCUT2D eigenvalue weighted by molar-refractivity contribution is 0.103. The lowest BCUT2D eigenvalue weighted by Crippen LogP contribution is -2.10. The van der Waals surface area contributed by atoms with E-state index in [4.69, 9.17) is 0 Å². The molecule has 3 rings (SSSR count). The highest BCUT2D eigenvalue weighted by Crippen LogP contribution is 2.21. The third-order valence-electron chi connectivity index (χ3n) is 3.16. The summed E-state index contributed by atoms with van der Waals surface area (Å²) in [5.41, 5.74) is 1.81. The first-order valence-electron chi connectivity index (χ1n) is 6.46. The number of anilines is 1. The fourth-order valence-corrected chi connectivity index (χ4v) is 2.81. The van der Waals surface area contributed by atoms with Gasteiger partial charge in [-0.15, -0.1) is 11.3 Å². The van der Waals surface area contributed by atoms with E-state index >= 15 is 0 Å². The zero-order valence-corrected chi connectivity index (χ0v) is 12.5. The molecule has 0 aliphatic carbocycles. The van der Waals surface area contributed by atoms with E-state index in [1.807, 2.05) is 38.2 Å². The maximum atomic E-state index is 12.1. The van der Waals surface area contributed by atoms with E-state index in [9.17, 15) is 4.79 Å². The number of aryl methyl sites for hydroxylation is 2. The van der Waals surface area contributed by atoms with Crippen LogP contribution in [-0.2, 0) is 0 Å². The zero-order valence-electron chi connectivity index (χ0n) is 11.7. The molecule has 5 nitrogen and oxygen atoms in total. The minimum atomic E-state index is -0.103. The minimum absolute atomic E-state index is 0.103. The fraction of sp³-hybridized carbons (Fsp3) is 0.133. The molecule has 0 bridgehead atoms. The molecule has 0 atom stereocenters. The molecule has 3 aromatic heterocycles. The van der Waals surface area contributed by atoms with E-state index in [0.717, 1.165) is 16.3 Å². The van der Waals surface area contributed by atoms with E-state index in [0.29, 0.717) is 10.6 Å². The van der Waals surface area contributed by atoms with E-state index < -0.39 is 0 Å². The second-order valence-corrected chi connectivity index (χ2v) is 5.94. The monoisotopic (exact) mass is 298 g/mol. The zero-order chi connectivity index (χ0) is 14.8. The number of nitrogens with one attached hydrogen (secondary N) is 1. The molecule has 1 amide bonds. The van der Waals surface area contributed by atoms with Crippen molar-refractivity contribution in [2.24, 2.45) is 0 Å². The van der Waals surface area contributed by atoms with Crippen LogP contribution in [0.4, 0.5) is 5.69 Å². The lowest BCUT2D eigenvalue weighted by atomic mass is 10.3. The van der Waals surface area contributed by atoms with Crippen molar-refractivity contribution in [1.29, 1.82) is 0 Å². The SMILES string of the molecule is Cc1cc(C(=O)Nc2ccc(-n3ccnc3)nc2)sc1C. The molecule has 0 fully saturated rings. The van der Waals surface area contributed by atoms with E-state index in [2.05, 4.69) is 15.3 Å². The maximum Gasteiger partial charge on any atom is 0.265 e. The van der Waals surface area contributed by atoms with Crippen molar-refractivity contribution in [1.82, 2.24) is 14.5 Å². The van der Waals surface area contributed by atoms with Crippen LogP contribution in [0, 0.1) is 13.8 Å². The van der Waals surface area contributed by atoms with Gasteiger partial charge in [-0.2, -0.15) is 0 Å². The standard InChI is InChI=1S/C15H14N4OS/c1-10-7-13(21-11(10)2)15(20)18-12-3-4-14(17-8-12)19-6-5-16-9-19/h3-9H,1-2H3,(H,18,20). The number of thiophene rings is 1. The summed E-state index contributed by atoms with van der Waals surface area (Å²) < 4.78 is 1.80. The smallest absolute Gasteiger partial charge is 0.265 e. The summed E-state index contributed by atoms with van der Waals surface area (Å²) in [4.78, 5) is 22.3. The normalized spacial score (nSPS) is 10.6. The summed E-state index contributed by atoms with van der Waals surface area (Å²) in [5, 5.41) is 2.86. The highest BCUT2D eigenvalue weighted by Gasteiger charge is 2.11. The van der Waals surface area contributed by atoms with Crippen molar-refractivity contribution in [2.45, 2.75) is 13.8 Å². The summed E-state index contributed by atoms with van der Waals surface area (Å²) >= 11 is 1.50. The second-order valence-electron chi connectivity index (χ2n) is 4.68. The maximum absolute atomic E-state index is 12.1. The number of imidazole rings is 1. The molecule has 3 heterocycles. The number of amides is 1. The van der Waals surface area contributed by atoms with Gasteiger partial charge in [0, 0.05) is 17.3 Å². The van der Waals surface area contributed by atoms with Crippen molar-refractivity contribution < 1.29 is 4.79 Å². The predicted octanol–water partition coefficient (Wildman–Crippen LogP) is 3.20. The van der Waals surface area contributed by atoms with Crippen LogP contribution in [0.2, 0.25) is 0 Å². The van der Waals surface area contributed by atoms with Gasteiger partial charge in [-0.3, -0.25) is 9.36 Å². The van der Waals surface area contributed by atoms with Crippen molar-refractivity contribution in [3.63, 3.8) is 0 Å². The Bertz CT molecular complexity index is 740.